The maximum absolute atomic E-state index is 12.0. The molecular weight excluding hydrogens is 408 g/mol. The molecule has 154 valence electrons. The molecular formula is C22H25ClN2O3S. The van der Waals surface area contributed by atoms with E-state index in [4.69, 9.17) is 14.5 Å². The zero-order valence-corrected chi connectivity index (χ0v) is 18.6. The fourth-order valence-corrected chi connectivity index (χ4v) is 4.12. The molecule has 0 saturated heterocycles. The van der Waals surface area contributed by atoms with Crippen LogP contribution < -0.4 is 14.3 Å². The highest BCUT2D eigenvalue weighted by atomic mass is 35.5. The van der Waals surface area contributed by atoms with Gasteiger partial charge < -0.3 is 14.0 Å². The summed E-state index contributed by atoms with van der Waals surface area (Å²) in [4.78, 5) is 18.4. The highest BCUT2D eigenvalue weighted by Gasteiger charge is 2.14. The third-order valence-electron chi connectivity index (χ3n) is 4.53. The summed E-state index contributed by atoms with van der Waals surface area (Å²) in [5.74, 6) is 1.49. The lowest BCUT2D eigenvalue weighted by atomic mass is 10.1. The van der Waals surface area contributed by atoms with Crippen molar-refractivity contribution < 1.29 is 14.3 Å². The Bertz CT molecular complexity index is 1040. The van der Waals surface area contributed by atoms with Gasteiger partial charge in [-0.25, -0.2) is 4.99 Å². The van der Waals surface area contributed by atoms with E-state index in [-0.39, 0.29) is 18.2 Å². The standard InChI is InChI=1S/C22H24N2O3S.ClH/c1-15-21(16(2)25)28-22(23-18-8-6-5-7-9-18)24(15)13-12-17-10-11-19(26-3)20(14-17)27-4;/h5-11,14H,12-13H2,1-4H3;1H. The molecule has 0 amide bonds. The van der Waals surface area contributed by atoms with Gasteiger partial charge in [0.15, 0.2) is 22.1 Å². The topological polar surface area (TPSA) is 52.8 Å². The second-order valence-corrected chi connectivity index (χ2v) is 7.37. The predicted molar refractivity (Wildman–Crippen MR) is 119 cm³/mol. The minimum absolute atomic E-state index is 0. The molecule has 0 saturated carbocycles. The van der Waals surface area contributed by atoms with Crippen molar-refractivity contribution in [2.24, 2.45) is 4.99 Å². The van der Waals surface area contributed by atoms with E-state index in [2.05, 4.69) is 4.57 Å². The number of carbonyl (C=O) groups excluding carboxylic acids is 1. The fraction of sp³-hybridized carbons (Fsp3) is 0.273. The average Bonchev–Trinajstić information content (AvgIpc) is 3.02. The minimum Gasteiger partial charge on any atom is -0.493 e. The number of hydrogen-bond acceptors (Lipinski definition) is 5. The molecule has 0 spiro atoms. The van der Waals surface area contributed by atoms with Gasteiger partial charge in [-0.05, 0) is 43.2 Å². The van der Waals surface area contributed by atoms with Crippen LogP contribution in [-0.2, 0) is 13.0 Å². The first-order valence-electron chi connectivity index (χ1n) is 9.05. The van der Waals surface area contributed by atoms with Gasteiger partial charge in [-0.2, -0.15) is 0 Å². The SMILES string of the molecule is COc1ccc(CCn2c(C)c(C(C)=O)sc2=Nc2ccccc2)cc1OC.Cl. The summed E-state index contributed by atoms with van der Waals surface area (Å²) < 4.78 is 12.8. The quantitative estimate of drug-likeness (QED) is 0.495. The summed E-state index contributed by atoms with van der Waals surface area (Å²) in [5, 5.41) is 0. The number of nitrogens with zero attached hydrogens (tertiary/aromatic N) is 2. The highest BCUT2D eigenvalue weighted by Crippen LogP contribution is 2.28. The van der Waals surface area contributed by atoms with E-state index in [1.807, 2.05) is 55.5 Å². The first-order valence-corrected chi connectivity index (χ1v) is 9.87. The molecule has 0 unspecified atom stereocenters. The van der Waals surface area contributed by atoms with Gasteiger partial charge >= 0.3 is 0 Å². The van der Waals surface area contributed by atoms with E-state index in [9.17, 15) is 4.79 Å². The lowest BCUT2D eigenvalue weighted by molar-refractivity contribution is 0.102. The lowest BCUT2D eigenvalue weighted by Gasteiger charge is -2.11. The van der Waals surface area contributed by atoms with Gasteiger partial charge in [0, 0.05) is 19.2 Å². The van der Waals surface area contributed by atoms with Gasteiger partial charge in [0.2, 0.25) is 0 Å². The van der Waals surface area contributed by atoms with Crippen LogP contribution in [-0.4, -0.2) is 24.6 Å². The maximum atomic E-state index is 12.0. The third-order valence-corrected chi connectivity index (χ3v) is 5.81. The van der Waals surface area contributed by atoms with Gasteiger partial charge in [0.1, 0.15) is 0 Å². The molecule has 0 fully saturated rings. The molecule has 0 atom stereocenters. The van der Waals surface area contributed by atoms with Crippen LogP contribution in [0.4, 0.5) is 5.69 Å². The van der Waals surface area contributed by atoms with Gasteiger partial charge in [-0.3, -0.25) is 4.79 Å². The molecule has 2 aromatic carbocycles. The van der Waals surface area contributed by atoms with Crippen LogP contribution in [0.15, 0.2) is 53.5 Å². The molecule has 3 aromatic rings. The van der Waals surface area contributed by atoms with E-state index in [0.29, 0.717) is 11.5 Å². The number of thiazole rings is 1. The fourth-order valence-electron chi connectivity index (χ4n) is 3.05. The molecule has 0 radical (unpaired) electrons. The summed E-state index contributed by atoms with van der Waals surface area (Å²) in [6.45, 7) is 4.30. The van der Waals surface area contributed by atoms with E-state index < -0.39 is 0 Å². The summed E-state index contributed by atoms with van der Waals surface area (Å²) in [6, 6.07) is 15.7. The molecule has 0 aliphatic carbocycles. The largest absolute Gasteiger partial charge is 0.493 e. The Kier molecular flexibility index (Phi) is 8.05. The number of hydrogen-bond donors (Lipinski definition) is 0. The van der Waals surface area contributed by atoms with Gasteiger partial charge in [-0.1, -0.05) is 35.6 Å². The second kappa shape index (κ2) is 10.3. The zero-order chi connectivity index (χ0) is 20.1. The van der Waals surface area contributed by atoms with Gasteiger partial charge in [-0.15, -0.1) is 12.4 Å². The molecule has 5 nitrogen and oxygen atoms in total. The van der Waals surface area contributed by atoms with Crippen LogP contribution in [0.5, 0.6) is 11.5 Å². The zero-order valence-electron chi connectivity index (χ0n) is 17.0. The Balaban J connectivity index is 0.00000300. The summed E-state index contributed by atoms with van der Waals surface area (Å²) >= 11 is 1.44. The van der Waals surface area contributed by atoms with Crippen molar-refractivity contribution in [1.29, 1.82) is 0 Å². The monoisotopic (exact) mass is 432 g/mol. The molecule has 0 bridgehead atoms. The van der Waals surface area contributed by atoms with E-state index in [0.717, 1.165) is 39.6 Å². The number of ketones is 1. The molecule has 1 aromatic heterocycles. The van der Waals surface area contributed by atoms with Crippen molar-refractivity contribution in [1.82, 2.24) is 4.57 Å². The van der Waals surface area contributed by atoms with Crippen molar-refractivity contribution in [3.63, 3.8) is 0 Å². The summed E-state index contributed by atoms with van der Waals surface area (Å²) in [7, 11) is 3.26. The number of para-hydroxylation sites is 1. The Labute approximate surface area is 181 Å². The van der Waals surface area contributed by atoms with E-state index in [1.165, 1.54) is 11.3 Å². The van der Waals surface area contributed by atoms with E-state index in [1.54, 1.807) is 21.1 Å². The third kappa shape index (κ3) is 5.28. The predicted octanol–water partition coefficient (Wildman–Crippen LogP) is 4.97. The number of ether oxygens (including phenoxy) is 2. The Morgan fingerprint density at radius 1 is 1.07 bits per heavy atom. The van der Waals surface area contributed by atoms with Crippen molar-refractivity contribution in [2.45, 2.75) is 26.8 Å². The Hall–Kier alpha value is -2.57. The maximum Gasteiger partial charge on any atom is 0.190 e. The number of carbonyl (C=O) groups is 1. The van der Waals surface area contributed by atoms with Crippen molar-refractivity contribution >= 4 is 35.2 Å². The molecule has 0 N–H and O–H groups in total. The average molecular weight is 433 g/mol. The molecule has 3 rings (SSSR count). The van der Waals surface area contributed by atoms with Crippen LogP contribution in [0, 0.1) is 6.92 Å². The number of aromatic nitrogens is 1. The molecule has 0 aliphatic heterocycles. The van der Waals surface area contributed by atoms with Crippen LogP contribution in [0.1, 0.15) is 27.9 Å². The first kappa shape index (κ1) is 22.7. The number of methoxy groups -OCH3 is 2. The first-order chi connectivity index (χ1) is 13.5. The van der Waals surface area contributed by atoms with Crippen LogP contribution in [0.3, 0.4) is 0 Å². The highest BCUT2D eigenvalue weighted by molar-refractivity contribution is 7.11. The number of Topliss-reactive ketones (excluding diaryl/α,β-unsaturated/α-hetero) is 1. The van der Waals surface area contributed by atoms with Crippen LogP contribution >= 0.6 is 23.7 Å². The molecule has 7 heteroatoms. The molecule has 0 aliphatic rings. The van der Waals surface area contributed by atoms with Crippen LogP contribution in [0.2, 0.25) is 0 Å². The van der Waals surface area contributed by atoms with Crippen molar-refractivity contribution in [2.75, 3.05) is 14.2 Å². The number of halogens is 1. The lowest BCUT2D eigenvalue weighted by Crippen LogP contribution is -2.17. The Morgan fingerprint density at radius 3 is 2.38 bits per heavy atom. The number of rotatable bonds is 7. The van der Waals surface area contributed by atoms with Crippen molar-refractivity contribution in [3.8, 4) is 11.5 Å². The summed E-state index contributed by atoms with van der Waals surface area (Å²) in [5.41, 5.74) is 2.96. The minimum atomic E-state index is 0. The summed E-state index contributed by atoms with van der Waals surface area (Å²) in [6.07, 6.45) is 0.789. The van der Waals surface area contributed by atoms with Crippen LogP contribution in [0.25, 0.3) is 0 Å². The normalized spacial score (nSPS) is 11.1. The molecule has 1 heterocycles. The number of benzene rings is 2. The number of aryl methyl sites for hydroxylation is 1. The van der Waals surface area contributed by atoms with E-state index >= 15 is 0 Å². The second-order valence-electron chi connectivity index (χ2n) is 6.39. The molecule has 29 heavy (non-hydrogen) atoms. The smallest absolute Gasteiger partial charge is 0.190 e. The van der Waals surface area contributed by atoms with Gasteiger partial charge in [0.25, 0.3) is 0 Å². The Morgan fingerprint density at radius 2 is 1.76 bits per heavy atom. The van der Waals surface area contributed by atoms with Gasteiger partial charge in [0.05, 0.1) is 24.8 Å². The van der Waals surface area contributed by atoms with Crippen molar-refractivity contribution in [3.05, 3.63) is 69.5 Å².